The third-order valence-electron chi connectivity index (χ3n) is 6.57. The fraction of sp³-hybridized carbons (Fsp3) is 0.476. The van der Waals surface area contributed by atoms with Gasteiger partial charge in [-0.25, -0.2) is 19.2 Å². The van der Waals surface area contributed by atoms with Crippen LogP contribution in [0.3, 0.4) is 0 Å². The molecule has 3 aliphatic rings. The van der Waals surface area contributed by atoms with Gasteiger partial charge in [-0.15, -0.1) is 0 Å². The highest BCUT2D eigenvalue weighted by molar-refractivity contribution is 5.76. The average molecular weight is 384 g/mol. The van der Waals surface area contributed by atoms with Gasteiger partial charge in [-0.3, -0.25) is 0 Å². The number of nitrogens with two attached hydrogens (primary N) is 1. The minimum absolute atomic E-state index is 0.0650. The van der Waals surface area contributed by atoms with E-state index in [0.717, 1.165) is 41.9 Å². The van der Waals surface area contributed by atoms with Crippen molar-refractivity contribution < 1.29 is 14.3 Å². The van der Waals surface area contributed by atoms with Crippen LogP contribution in [0.25, 0.3) is 11.4 Å². The second-order valence-corrected chi connectivity index (χ2v) is 8.22. The standard InChI is InChI=1S/C21H25FN4O2/c1-11-4-5-14(7-17(11)19-24-9-15(22)10-25-19)18-12(2)6-16-8-21(18,13(3)27)26(16)20(23)28/h4-5,7,9-10,12-13,16,18,27H,6,8H2,1-3H3,(H2,23,28). The Morgan fingerprint density at radius 3 is 2.68 bits per heavy atom. The molecule has 0 radical (unpaired) electrons. The molecule has 5 atom stereocenters. The second kappa shape index (κ2) is 6.51. The van der Waals surface area contributed by atoms with E-state index in [9.17, 15) is 14.3 Å². The number of carbonyl (C=O) groups is 1. The third kappa shape index (κ3) is 2.60. The van der Waals surface area contributed by atoms with Crippen LogP contribution in [-0.4, -0.2) is 43.7 Å². The number of hydrogen-bond acceptors (Lipinski definition) is 4. The first-order chi connectivity index (χ1) is 13.3. The fourth-order valence-electron chi connectivity index (χ4n) is 5.48. The Morgan fingerprint density at radius 1 is 1.39 bits per heavy atom. The Hall–Kier alpha value is -2.54. The zero-order valence-electron chi connectivity index (χ0n) is 16.3. The van der Waals surface area contributed by atoms with Crippen LogP contribution in [-0.2, 0) is 0 Å². The van der Waals surface area contributed by atoms with E-state index in [2.05, 4.69) is 16.9 Å². The number of urea groups is 1. The number of primary amides is 1. The highest BCUT2D eigenvalue weighted by Gasteiger charge is 2.65. The predicted octanol–water partition coefficient (Wildman–Crippen LogP) is 2.99. The van der Waals surface area contributed by atoms with Gasteiger partial charge in [-0.05, 0) is 49.8 Å². The van der Waals surface area contributed by atoms with Gasteiger partial charge in [0.1, 0.15) is 0 Å². The van der Waals surface area contributed by atoms with Crippen LogP contribution in [0.4, 0.5) is 9.18 Å². The van der Waals surface area contributed by atoms with Gasteiger partial charge in [-0.2, -0.15) is 0 Å². The van der Waals surface area contributed by atoms with Gasteiger partial charge in [0.2, 0.25) is 0 Å². The molecule has 1 aromatic carbocycles. The van der Waals surface area contributed by atoms with E-state index in [1.807, 2.05) is 25.1 Å². The SMILES string of the molecule is Cc1ccc(C2C(C)CC3CC2(C(C)O)N3C(N)=O)cc1-c1ncc(F)cn1. The zero-order valence-corrected chi connectivity index (χ0v) is 16.3. The molecule has 0 spiro atoms. The van der Waals surface area contributed by atoms with Gasteiger partial charge in [0, 0.05) is 17.5 Å². The number of aliphatic hydroxyl groups is 1. The molecular formula is C21H25FN4O2. The van der Waals surface area contributed by atoms with E-state index >= 15 is 0 Å². The normalized spacial score (nSPS) is 29.9. The molecule has 6 nitrogen and oxygen atoms in total. The summed E-state index contributed by atoms with van der Waals surface area (Å²) in [4.78, 5) is 22.1. The molecule has 3 N–H and O–H groups in total. The van der Waals surface area contributed by atoms with Crippen molar-refractivity contribution in [2.24, 2.45) is 11.7 Å². The van der Waals surface area contributed by atoms with Crippen molar-refractivity contribution in [1.82, 2.24) is 14.9 Å². The quantitative estimate of drug-likeness (QED) is 0.851. The molecule has 5 unspecified atom stereocenters. The van der Waals surface area contributed by atoms with E-state index in [4.69, 9.17) is 5.73 Å². The van der Waals surface area contributed by atoms with Gasteiger partial charge < -0.3 is 15.7 Å². The first-order valence-electron chi connectivity index (χ1n) is 9.61. The molecule has 3 heterocycles. The number of hydrogen-bond donors (Lipinski definition) is 2. The molecule has 1 aromatic heterocycles. The molecular weight excluding hydrogens is 359 g/mol. The summed E-state index contributed by atoms with van der Waals surface area (Å²) < 4.78 is 13.2. The van der Waals surface area contributed by atoms with Crippen molar-refractivity contribution >= 4 is 6.03 Å². The number of aromatic nitrogens is 2. The minimum Gasteiger partial charge on any atom is -0.391 e. The summed E-state index contributed by atoms with van der Waals surface area (Å²) in [6, 6.07) is 5.63. The molecule has 5 rings (SSSR count). The van der Waals surface area contributed by atoms with Crippen LogP contribution in [0.2, 0.25) is 0 Å². The van der Waals surface area contributed by atoms with Crippen LogP contribution in [0.5, 0.6) is 0 Å². The molecule has 2 amide bonds. The van der Waals surface area contributed by atoms with Crippen molar-refractivity contribution in [1.29, 1.82) is 0 Å². The average Bonchev–Trinajstić information content (AvgIpc) is 2.61. The smallest absolute Gasteiger partial charge is 0.315 e. The molecule has 3 fully saturated rings. The summed E-state index contributed by atoms with van der Waals surface area (Å²) in [7, 11) is 0. The Morgan fingerprint density at radius 2 is 2.07 bits per heavy atom. The van der Waals surface area contributed by atoms with E-state index in [0.29, 0.717) is 5.82 Å². The number of halogens is 1. The maximum Gasteiger partial charge on any atom is 0.315 e. The van der Waals surface area contributed by atoms with E-state index in [1.54, 1.807) is 11.8 Å². The number of amides is 2. The van der Waals surface area contributed by atoms with Crippen LogP contribution < -0.4 is 5.73 Å². The first-order valence-corrected chi connectivity index (χ1v) is 9.61. The summed E-state index contributed by atoms with van der Waals surface area (Å²) in [5, 5.41) is 10.7. The number of rotatable bonds is 3. The molecule has 1 saturated carbocycles. The number of piperidine rings is 1. The molecule has 1 aliphatic carbocycles. The molecule has 7 heteroatoms. The summed E-state index contributed by atoms with van der Waals surface area (Å²) in [6.07, 6.45) is 3.17. The highest BCUT2D eigenvalue weighted by Crippen LogP contribution is 2.58. The summed E-state index contributed by atoms with van der Waals surface area (Å²) in [6.45, 7) is 5.84. The highest BCUT2D eigenvalue weighted by atomic mass is 19.1. The van der Waals surface area contributed by atoms with E-state index in [1.165, 1.54) is 0 Å². The number of benzene rings is 1. The number of fused-ring (bicyclic) bond motifs is 2. The first kappa shape index (κ1) is 18.8. The van der Waals surface area contributed by atoms with Crippen LogP contribution in [0.1, 0.15) is 43.7 Å². The topological polar surface area (TPSA) is 92.3 Å². The Bertz CT molecular complexity index is 917. The number of aryl methyl sites for hydroxylation is 1. The molecule has 2 saturated heterocycles. The minimum atomic E-state index is -0.712. The van der Waals surface area contributed by atoms with Crippen molar-refractivity contribution in [3.05, 3.63) is 47.5 Å². The van der Waals surface area contributed by atoms with E-state index in [-0.39, 0.29) is 17.9 Å². The van der Waals surface area contributed by atoms with Crippen molar-refractivity contribution in [3.63, 3.8) is 0 Å². The van der Waals surface area contributed by atoms with Gasteiger partial charge >= 0.3 is 6.03 Å². The molecule has 2 aliphatic heterocycles. The van der Waals surface area contributed by atoms with Crippen molar-refractivity contribution in [3.8, 4) is 11.4 Å². The predicted molar refractivity (Wildman–Crippen MR) is 103 cm³/mol. The summed E-state index contributed by atoms with van der Waals surface area (Å²) in [5.41, 5.74) is 7.77. The van der Waals surface area contributed by atoms with Crippen LogP contribution in [0, 0.1) is 18.7 Å². The van der Waals surface area contributed by atoms with Gasteiger partial charge in [-0.1, -0.05) is 19.1 Å². The monoisotopic (exact) mass is 384 g/mol. The summed E-state index contributed by atoms with van der Waals surface area (Å²) >= 11 is 0. The van der Waals surface area contributed by atoms with Crippen molar-refractivity contribution in [2.45, 2.75) is 57.2 Å². The Labute approximate surface area is 163 Å². The maximum atomic E-state index is 13.2. The van der Waals surface area contributed by atoms with Crippen LogP contribution >= 0.6 is 0 Å². The van der Waals surface area contributed by atoms with Crippen molar-refractivity contribution in [2.75, 3.05) is 0 Å². The molecule has 148 valence electrons. The lowest BCUT2D eigenvalue weighted by molar-refractivity contribution is -0.162. The van der Waals surface area contributed by atoms with Gasteiger partial charge in [0.15, 0.2) is 11.6 Å². The third-order valence-corrected chi connectivity index (χ3v) is 6.57. The van der Waals surface area contributed by atoms with Gasteiger partial charge in [0.25, 0.3) is 0 Å². The zero-order chi connectivity index (χ0) is 20.2. The number of aliphatic hydroxyl groups excluding tert-OH is 1. The van der Waals surface area contributed by atoms with E-state index < -0.39 is 23.5 Å². The van der Waals surface area contributed by atoms with Gasteiger partial charge in [0.05, 0.1) is 24.0 Å². The molecule has 28 heavy (non-hydrogen) atoms. The lowest BCUT2D eigenvalue weighted by atomic mass is 9.54. The second-order valence-electron chi connectivity index (χ2n) is 8.22. The molecule has 2 bridgehead atoms. The summed E-state index contributed by atoms with van der Waals surface area (Å²) in [5.74, 6) is 0.177. The molecule has 2 aromatic rings. The number of carbonyl (C=O) groups excluding carboxylic acids is 1. The lowest BCUT2D eigenvalue weighted by Crippen LogP contribution is -2.79. The Balaban J connectivity index is 1.82. The van der Waals surface area contributed by atoms with Crippen LogP contribution in [0.15, 0.2) is 30.6 Å². The Kier molecular flexibility index (Phi) is 4.38. The number of nitrogens with zero attached hydrogens (tertiary/aromatic N) is 3. The lowest BCUT2D eigenvalue weighted by Gasteiger charge is -2.68. The largest absolute Gasteiger partial charge is 0.391 e. The maximum absolute atomic E-state index is 13.2. The fourth-order valence-corrected chi connectivity index (χ4v) is 5.48.